The summed E-state index contributed by atoms with van der Waals surface area (Å²) in [6.45, 7) is 0. The minimum Gasteiger partial charge on any atom is -0.327 e. The second kappa shape index (κ2) is 5.15. The van der Waals surface area contributed by atoms with Gasteiger partial charge in [0.2, 0.25) is 0 Å². The van der Waals surface area contributed by atoms with Crippen LogP contribution >= 0.6 is 0 Å². The van der Waals surface area contributed by atoms with Crippen LogP contribution in [0.1, 0.15) is 0 Å². The van der Waals surface area contributed by atoms with E-state index in [1.807, 2.05) is 12.3 Å². The third-order valence-corrected chi connectivity index (χ3v) is 4.09. The highest BCUT2D eigenvalue weighted by Crippen LogP contribution is 2.30. The maximum Gasteiger partial charge on any atom is 0.140 e. The molecule has 0 saturated carbocycles. The molecule has 1 aromatic heterocycles. The van der Waals surface area contributed by atoms with Gasteiger partial charge in [0.15, 0.2) is 0 Å². The van der Waals surface area contributed by atoms with Crippen LogP contribution in [0.25, 0.3) is 33.4 Å². The minimum atomic E-state index is 0.996. The van der Waals surface area contributed by atoms with E-state index in [1.165, 1.54) is 21.9 Å². The normalized spacial score (nSPS) is 11.0. The predicted molar refractivity (Wildman–Crippen MR) is 91.6 cm³/mol. The molecule has 4 aromatic rings. The number of hydrogen-bond acceptors (Lipinski definition) is 1. The summed E-state index contributed by atoms with van der Waals surface area (Å²) in [5.41, 5.74) is 3.48. The van der Waals surface area contributed by atoms with Gasteiger partial charge in [-0.2, -0.15) is 0 Å². The Kier molecular flexibility index (Phi) is 3.01. The molecule has 0 atom stereocenters. The van der Waals surface area contributed by atoms with Crippen LogP contribution in [0.5, 0.6) is 0 Å². The first kappa shape index (κ1) is 12.8. The first-order chi connectivity index (χ1) is 10.8. The Bertz CT molecular complexity index is 931. The van der Waals surface area contributed by atoms with Gasteiger partial charge in [-0.1, -0.05) is 72.8 Å². The monoisotopic (exact) mass is 284 g/mol. The molecule has 3 aromatic carbocycles. The fraction of sp³-hybridized carbons (Fsp3) is 0.0500. The van der Waals surface area contributed by atoms with Crippen molar-refractivity contribution in [3.63, 3.8) is 0 Å². The highest BCUT2D eigenvalue weighted by atomic mass is 15.1. The Morgan fingerprint density at radius 2 is 1.50 bits per heavy atom. The molecule has 0 N–H and O–H groups in total. The van der Waals surface area contributed by atoms with E-state index >= 15 is 0 Å². The fourth-order valence-electron chi connectivity index (χ4n) is 2.96. The number of aromatic nitrogens is 2. The highest BCUT2D eigenvalue weighted by molar-refractivity contribution is 5.95. The van der Waals surface area contributed by atoms with Crippen LogP contribution in [0.3, 0.4) is 0 Å². The smallest absolute Gasteiger partial charge is 0.140 e. The van der Waals surface area contributed by atoms with Crippen molar-refractivity contribution in [2.45, 2.75) is 0 Å². The van der Waals surface area contributed by atoms with Crippen molar-refractivity contribution in [1.82, 2.24) is 9.55 Å². The number of rotatable bonds is 2. The molecule has 0 unspecified atom stereocenters. The molecule has 0 aliphatic heterocycles. The van der Waals surface area contributed by atoms with Crippen molar-refractivity contribution >= 4 is 10.8 Å². The Morgan fingerprint density at radius 3 is 2.36 bits per heavy atom. The van der Waals surface area contributed by atoms with E-state index in [2.05, 4.69) is 83.3 Å². The van der Waals surface area contributed by atoms with E-state index in [0.717, 1.165) is 11.5 Å². The molecule has 0 spiro atoms. The summed E-state index contributed by atoms with van der Waals surface area (Å²) in [5.74, 6) is 0.996. The van der Waals surface area contributed by atoms with Gasteiger partial charge in [-0.15, -0.1) is 0 Å². The molecule has 1 heterocycles. The van der Waals surface area contributed by atoms with Gasteiger partial charge in [0.25, 0.3) is 0 Å². The molecule has 0 amide bonds. The number of hydrogen-bond donors (Lipinski definition) is 0. The van der Waals surface area contributed by atoms with Gasteiger partial charge < -0.3 is 4.57 Å². The summed E-state index contributed by atoms with van der Waals surface area (Å²) < 4.78 is 2.16. The Labute approximate surface area is 129 Å². The molecule has 2 heteroatoms. The number of nitrogens with zero attached hydrogens (tertiary/aromatic N) is 2. The Hall–Kier alpha value is -2.87. The third-order valence-electron chi connectivity index (χ3n) is 4.09. The fourth-order valence-corrected chi connectivity index (χ4v) is 2.96. The van der Waals surface area contributed by atoms with Crippen LogP contribution in [0.15, 0.2) is 79.0 Å². The zero-order valence-corrected chi connectivity index (χ0v) is 12.4. The zero-order valence-electron chi connectivity index (χ0n) is 12.4. The van der Waals surface area contributed by atoms with E-state index in [-0.39, 0.29) is 0 Å². The molecule has 0 saturated heterocycles. The molecule has 0 bridgehead atoms. The Balaban J connectivity index is 1.92. The van der Waals surface area contributed by atoms with E-state index in [1.54, 1.807) is 0 Å². The average Bonchev–Trinajstić information content (AvgIpc) is 2.96. The van der Waals surface area contributed by atoms with E-state index in [9.17, 15) is 0 Å². The van der Waals surface area contributed by atoms with E-state index in [4.69, 9.17) is 0 Å². The second-order valence-electron chi connectivity index (χ2n) is 5.42. The maximum atomic E-state index is 4.68. The van der Waals surface area contributed by atoms with Gasteiger partial charge in [-0.3, -0.25) is 0 Å². The first-order valence-electron chi connectivity index (χ1n) is 7.40. The standard InChI is InChI=1S/C20H16N2/c1-22-19(16-9-3-2-4-10-16)14-21-20(22)18-13-7-11-15-8-5-6-12-17(15)18/h2-14H,1H3. The molecule has 106 valence electrons. The van der Waals surface area contributed by atoms with Crippen LogP contribution in [0.2, 0.25) is 0 Å². The number of imidazole rings is 1. The number of fused-ring (bicyclic) bond motifs is 1. The van der Waals surface area contributed by atoms with Gasteiger partial charge in [0.05, 0.1) is 11.9 Å². The highest BCUT2D eigenvalue weighted by Gasteiger charge is 2.12. The van der Waals surface area contributed by atoms with Gasteiger partial charge >= 0.3 is 0 Å². The lowest BCUT2D eigenvalue weighted by atomic mass is 10.0. The first-order valence-corrected chi connectivity index (χ1v) is 7.40. The molecular formula is C20H16N2. The van der Waals surface area contributed by atoms with Gasteiger partial charge in [0, 0.05) is 12.6 Å². The maximum absolute atomic E-state index is 4.68. The van der Waals surface area contributed by atoms with Gasteiger partial charge in [0.1, 0.15) is 5.82 Å². The topological polar surface area (TPSA) is 17.8 Å². The van der Waals surface area contributed by atoms with Crippen molar-refractivity contribution in [1.29, 1.82) is 0 Å². The van der Waals surface area contributed by atoms with Crippen LogP contribution < -0.4 is 0 Å². The summed E-state index contributed by atoms with van der Waals surface area (Å²) in [7, 11) is 2.08. The van der Waals surface area contributed by atoms with Crippen molar-refractivity contribution in [2.24, 2.45) is 7.05 Å². The van der Waals surface area contributed by atoms with E-state index in [0.29, 0.717) is 0 Å². The van der Waals surface area contributed by atoms with Crippen LogP contribution in [0.4, 0.5) is 0 Å². The number of benzene rings is 3. The molecule has 0 fully saturated rings. The van der Waals surface area contributed by atoms with Gasteiger partial charge in [-0.05, 0) is 16.3 Å². The second-order valence-corrected chi connectivity index (χ2v) is 5.42. The molecule has 0 aliphatic carbocycles. The van der Waals surface area contributed by atoms with E-state index < -0.39 is 0 Å². The van der Waals surface area contributed by atoms with Crippen molar-refractivity contribution < 1.29 is 0 Å². The molecule has 0 aliphatic rings. The zero-order chi connectivity index (χ0) is 14.9. The molecule has 4 rings (SSSR count). The SMILES string of the molecule is Cn1c(-c2ccccc2)cnc1-c1cccc2ccccc12. The molecule has 0 radical (unpaired) electrons. The molecule has 22 heavy (non-hydrogen) atoms. The lowest BCUT2D eigenvalue weighted by molar-refractivity contribution is 0.934. The Morgan fingerprint density at radius 1 is 0.773 bits per heavy atom. The third kappa shape index (κ3) is 2.01. The molecule has 2 nitrogen and oxygen atoms in total. The van der Waals surface area contributed by atoms with Crippen LogP contribution in [-0.4, -0.2) is 9.55 Å². The molecular weight excluding hydrogens is 268 g/mol. The summed E-state index contributed by atoms with van der Waals surface area (Å²) >= 11 is 0. The van der Waals surface area contributed by atoms with Crippen LogP contribution in [0, 0.1) is 0 Å². The van der Waals surface area contributed by atoms with Crippen LogP contribution in [-0.2, 0) is 7.05 Å². The lowest BCUT2D eigenvalue weighted by Gasteiger charge is -2.09. The average molecular weight is 284 g/mol. The summed E-state index contributed by atoms with van der Waals surface area (Å²) in [5, 5.41) is 2.47. The quantitative estimate of drug-likeness (QED) is 0.511. The largest absolute Gasteiger partial charge is 0.327 e. The lowest BCUT2D eigenvalue weighted by Crippen LogP contribution is -1.95. The summed E-state index contributed by atoms with van der Waals surface area (Å²) in [6.07, 6.45) is 1.95. The summed E-state index contributed by atoms with van der Waals surface area (Å²) in [4.78, 5) is 4.68. The van der Waals surface area contributed by atoms with Gasteiger partial charge in [-0.25, -0.2) is 4.98 Å². The van der Waals surface area contributed by atoms with Crippen molar-refractivity contribution in [2.75, 3.05) is 0 Å². The van der Waals surface area contributed by atoms with Crippen molar-refractivity contribution in [3.05, 3.63) is 79.0 Å². The van der Waals surface area contributed by atoms with Crippen molar-refractivity contribution in [3.8, 4) is 22.6 Å². The minimum absolute atomic E-state index is 0.996. The summed E-state index contributed by atoms with van der Waals surface area (Å²) in [6, 6.07) is 25.2. The predicted octanol–water partition coefficient (Wildman–Crippen LogP) is 4.91.